The number of aryl methyl sites for hydroxylation is 1. The molecule has 0 atom stereocenters. The Labute approximate surface area is 127 Å². The van der Waals surface area contributed by atoms with Crippen LogP contribution in [-0.4, -0.2) is 13.4 Å². The quantitative estimate of drug-likeness (QED) is 0.798. The third-order valence-electron chi connectivity index (χ3n) is 3.16. The Kier molecular flexibility index (Phi) is 3.65. The van der Waals surface area contributed by atoms with Crippen LogP contribution in [0.1, 0.15) is 12.5 Å². The van der Waals surface area contributed by atoms with Gasteiger partial charge in [-0.05, 0) is 36.2 Å². The van der Waals surface area contributed by atoms with E-state index in [9.17, 15) is 8.42 Å². The molecule has 1 heterocycles. The minimum atomic E-state index is -3.59. The molecule has 6 heteroatoms. The number of aromatic nitrogens is 1. The average Bonchev–Trinajstić information content (AvgIpc) is 2.88. The summed E-state index contributed by atoms with van der Waals surface area (Å²) in [5, 5.41) is 0.385. The summed E-state index contributed by atoms with van der Waals surface area (Å²) in [6, 6.07) is 14.5. The maximum atomic E-state index is 12.3. The van der Waals surface area contributed by atoms with Crippen LogP contribution in [0.15, 0.2) is 53.4 Å². The van der Waals surface area contributed by atoms with Crippen molar-refractivity contribution in [1.82, 2.24) is 4.98 Å². The fourth-order valence-corrected chi connectivity index (χ4v) is 4.09. The Morgan fingerprint density at radius 2 is 1.81 bits per heavy atom. The van der Waals surface area contributed by atoms with E-state index >= 15 is 0 Å². The smallest absolute Gasteiger partial charge is 0.255 e. The molecule has 4 nitrogen and oxygen atoms in total. The predicted molar refractivity (Wildman–Crippen MR) is 86.2 cm³/mol. The molecule has 0 aliphatic rings. The predicted octanol–water partition coefficient (Wildman–Crippen LogP) is 3.66. The van der Waals surface area contributed by atoms with Crippen molar-refractivity contribution < 1.29 is 8.42 Å². The van der Waals surface area contributed by atoms with Crippen molar-refractivity contribution in [3.63, 3.8) is 0 Å². The zero-order valence-corrected chi connectivity index (χ0v) is 13.0. The Morgan fingerprint density at radius 3 is 2.48 bits per heavy atom. The molecule has 2 aromatic carbocycles. The summed E-state index contributed by atoms with van der Waals surface area (Å²) in [6.07, 6.45) is 0.881. The molecule has 0 aliphatic heterocycles. The first-order chi connectivity index (χ1) is 10.1. The summed E-state index contributed by atoms with van der Waals surface area (Å²) >= 11 is 1.33. The normalized spacial score (nSPS) is 11.7. The molecular weight excluding hydrogens is 304 g/mol. The topological polar surface area (TPSA) is 59.1 Å². The van der Waals surface area contributed by atoms with Gasteiger partial charge in [-0.3, -0.25) is 4.72 Å². The number of nitrogens with one attached hydrogen (secondary N) is 1. The number of sulfonamides is 1. The van der Waals surface area contributed by atoms with Gasteiger partial charge in [-0.2, -0.15) is 0 Å². The molecule has 21 heavy (non-hydrogen) atoms. The van der Waals surface area contributed by atoms with Crippen LogP contribution in [0.5, 0.6) is 0 Å². The van der Waals surface area contributed by atoms with Gasteiger partial charge in [-0.15, -0.1) is 0 Å². The summed E-state index contributed by atoms with van der Waals surface area (Å²) in [7, 11) is -3.59. The highest BCUT2D eigenvalue weighted by molar-refractivity contribution is 7.93. The van der Waals surface area contributed by atoms with E-state index in [0.29, 0.717) is 5.13 Å². The van der Waals surface area contributed by atoms with E-state index in [1.54, 1.807) is 12.1 Å². The van der Waals surface area contributed by atoms with Crippen LogP contribution in [0.3, 0.4) is 0 Å². The first-order valence-electron chi connectivity index (χ1n) is 6.56. The fourth-order valence-electron chi connectivity index (χ4n) is 1.99. The van der Waals surface area contributed by atoms with Gasteiger partial charge in [0.25, 0.3) is 10.0 Å². The molecule has 0 aliphatic carbocycles. The first kappa shape index (κ1) is 14.0. The average molecular weight is 318 g/mol. The second-order valence-electron chi connectivity index (χ2n) is 4.59. The van der Waals surface area contributed by atoms with E-state index in [1.807, 2.05) is 43.3 Å². The van der Waals surface area contributed by atoms with E-state index in [0.717, 1.165) is 22.2 Å². The van der Waals surface area contributed by atoms with Crippen LogP contribution in [0.25, 0.3) is 10.2 Å². The second-order valence-corrected chi connectivity index (χ2v) is 7.30. The van der Waals surface area contributed by atoms with E-state index in [4.69, 9.17) is 0 Å². The number of nitrogens with zero attached hydrogens (tertiary/aromatic N) is 1. The monoisotopic (exact) mass is 318 g/mol. The Hall–Kier alpha value is -1.92. The number of rotatable bonds is 4. The minimum absolute atomic E-state index is 0.249. The van der Waals surface area contributed by atoms with Crippen LogP contribution >= 0.6 is 11.3 Å². The highest BCUT2D eigenvalue weighted by Gasteiger charge is 2.16. The molecule has 3 aromatic rings. The van der Waals surface area contributed by atoms with Crippen LogP contribution in [0, 0.1) is 0 Å². The van der Waals surface area contributed by atoms with Crippen molar-refractivity contribution in [2.75, 3.05) is 4.72 Å². The summed E-state index contributed by atoms with van der Waals surface area (Å²) in [5.74, 6) is 0. The Morgan fingerprint density at radius 1 is 1.10 bits per heavy atom. The summed E-state index contributed by atoms with van der Waals surface area (Å²) in [6.45, 7) is 2.03. The van der Waals surface area contributed by atoms with Gasteiger partial charge in [0.05, 0.1) is 15.1 Å². The highest BCUT2D eigenvalue weighted by atomic mass is 32.2. The zero-order chi connectivity index (χ0) is 14.9. The molecule has 0 unspecified atom stereocenters. The van der Waals surface area contributed by atoms with Crippen LogP contribution < -0.4 is 4.72 Å². The van der Waals surface area contributed by atoms with Crippen molar-refractivity contribution >= 4 is 36.7 Å². The Bertz CT molecular complexity index is 835. The van der Waals surface area contributed by atoms with Gasteiger partial charge < -0.3 is 0 Å². The van der Waals surface area contributed by atoms with Crippen molar-refractivity contribution in [1.29, 1.82) is 0 Å². The van der Waals surface area contributed by atoms with Crippen LogP contribution in [-0.2, 0) is 16.4 Å². The molecule has 0 amide bonds. The molecule has 0 radical (unpaired) electrons. The molecule has 1 aromatic heterocycles. The van der Waals surface area contributed by atoms with E-state index < -0.39 is 10.0 Å². The van der Waals surface area contributed by atoms with E-state index in [-0.39, 0.29) is 4.90 Å². The molecule has 0 saturated heterocycles. The first-order valence-corrected chi connectivity index (χ1v) is 8.86. The van der Waals surface area contributed by atoms with Gasteiger partial charge in [0, 0.05) is 0 Å². The molecule has 0 fully saturated rings. The van der Waals surface area contributed by atoms with Gasteiger partial charge in [-0.25, -0.2) is 13.4 Å². The summed E-state index contributed by atoms with van der Waals surface area (Å²) in [4.78, 5) is 4.53. The van der Waals surface area contributed by atoms with Crippen LogP contribution in [0.4, 0.5) is 5.13 Å². The summed E-state index contributed by atoms with van der Waals surface area (Å²) < 4.78 is 28.2. The van der Waals surface area contributed by atoms with E-state index in [1.165, 1.54) is 11.3 Å². The number of fused-ring (bicyclic) bond motifs is 1. The van der Waals surface area contributed by atoms with Crippen molar-refractivity contribution in [3.8, 4) is 0 Å². The maximum Gasteiger partial charge on any atom is 0.263 e. The van der Waals surface area contributed by atoms with E-state index in [2.05, 4.69) is 9.71 Å². The number of anilines is 1. The largest absolute Gasteiger partial charge is 0.263 e. The number of benzene rings is 2. The molecular formula is C15H14N2O2S2. The number of para-hydroxylation sites is 1. The van der Waals surface area contributed by atoms with Gasteiger partial charge in [0.15, 0.2) is 5.13 Å². The molecule has 1 N–H and O–H groups in total. The van der Waals surface area contributed by atoms with Crippen LogP contribution in [0.2, 0.25) is 0 Å². The Balaban J connectivity index is 1.91. The maximum absolute atomic E-state index is 12.3. The van der Waals surface area contributed by atoms with Gasteiger partial charge in [0.2, 0.25) is 0 Å². The zero-order valence-electron chi connectivity index (χ0n) is 11.4. The lowest BCUT2D eigenvalue weighted by atomic mass is 10.2. The lowest BCUT2D eigenvalue weighted by Crippen LogP contribution is -2.12. The molecule has 0 saturated carbocycles. The minimum Gasteiger partial charge on any atom is -0.255 e. The number of thiazole rings is 1. The number of hydrogen-bond acceptors (Lipinski definition) is 4. The summed E-state index contributed by atoms with van der Waals surface area (Å²) in [5.41, 5.74) is 1.90. The molecule has 3 rings (SSSR count). The standard InChI is InChI=1S/C15H14N2O2S2/c1-2-11-7-9-12(10-8-11)21(18,19)17-15-16-13-5-3-4-6-14(13)20-15/h3-10H,2H2,1H3,(H,16,17). The van der Waals surface area contributed by atoms with Gasteiger partial charge >= 0.3 is 0 Å². The third-order valence-corrected chi connectivity index (χ3v) is 5.59. The molecule has 108 valence electrons. The van der Waals surface area contributed by atoms with Crippen molar-refractivity contribution in [2.24, 2.45) is 0 Å². The molecule has 0 bridgehead atoms. The SMILES string of the molecule is CCc1ccc(S(=O)(=O)Nc2nc3ccccc3s2)cc1. The van der Waals surface area contributed by atoms with Gasteiger partial charge in [0.1, 0.15) is 0 Å². The second kappa shape index (κ2) is 5.46. The fraction of sp³-hybridized carbons (Fsp3) is 0.133. The van der Waals surface area contributed by atoms with Crippen molar-refractivity contribution in [3.05, 3.63) is 54.1 Å². The highest BCUT2D eigenvalue weighted by Crippen LogP contribution is 2.27. The molecule has 0 spiro atoms. The third kappa shape index (κ3) is 2.91. The number of hydrogen-bond donors (Lipinski definition) is 1. The van der Waals surface area contributed by atoms with Gasteiger partial charge in [-0.1, -0.05) is 42.5 Å². The lowest BCUT2D eigenvalue weighted by Gasteiger charge is -2.05. The van der Waals surface area contributed by atoms with Crippen molar-refractivity contribution in [2.45, 2.75) is 18.2 Å². The lowest BCUT2D eigenvalue weighted by molar-refractivity contribution is 0.601.